The van der Waals surface area contributed by atoms with Crippen molar-refractivity contribution in [1.29, 1.82) is 0 Å². The van der Waals surface area contributed by atoms with Gasteiger partial charge in [0.1, 0.15) is 0 Å². The number of carbonyl (C=O) groups excluding carboxylic acids is 1. The number of amides is 1. The van der Waals surface area contributed by atoms with Gasteiger partial charge in [0.15, 0.2) is 0 Å². The summed E-state index contributed by atoms with van der Waals surface area (Å²) in [4.78, 5) is 18.3. The maximum Gasteiger partial charge on any atom is 0.228 e. The summed E-state index contributed by atoms with van der Waals surface area (Å²) in [5.74, 6) is 0.728. The molecular weight excluding hydrogens is 276 g/mol. The first-order valence-corrected chi connectivity index (χ1v) is 8.44. The normalized spacial score (nSPS) is 21.3. The van der Waals surface area contributed by atoms with E-state index in [1.807, 2.05) is 17.3 Å². The molecule has 4 nitrogen and oxygen atoms in total. The van der Waals surface area contributed by atoms with E-state index in [0.29, 0.717) is 5.41 Å². The molecule has 0 bridgehead atoms. The Morgan fingerprint density at radius 2 is 2.09 bits per heavy atom. The van der Waals surface area contributed by atoms with E-state index in [2.05, 4.69) is 24.0 Å². The van der Waals surface area contributed by atoms with Crippen molar-refractivity contribution in [2.75, 3.05) is 19.7 Å². The highest BCUT2D eigenvalue weighted by Crippen LogP contribution is 2.53. The molecule has 1 saturated carbocycles. The largest absolute Gasteiger partial charge is 0.396 e. The quantitative estimate of drug-likeness (QED) is 0.877. The number of aliphatic hydroxyl groups excluding tert-OH is 1. The van der Waals surface area contributed by atoms with Crippen LogP contribution >= 0.6 is 0 Å². The number of hydrogen-bond donors (Lipinski definition) is 1. The molecule has 0 unspecified atom stereocenters. The molecular formula is C18H26N2O2. The second-order valence-corrected chi connectivity index (χ2v) is 7.20. The van der Waals surface area contributed by atoms with Crippen LogP contribution in [-0.2, 0) is 11.2 Å². The number of aromatic nitrogens is 1. The summed E-state index contributed by atoms with van der Waals surface area (Å²) < 4.78 is 0. The summed E-state index contributed by atoms with van der Waals surface area (Å²) in [7, 11) is 0. The minimum atomic E-state index is -0.185. The number of carbonyl (C=O) groups is 1. The SMILES string of the molecule is CCC[C@H](CO)C(=O)N1CC2(CC(Cc3ccncc3)C2)C1. The van der Waals surface area contributed by atoms with Crippen LogP contribution in [0.4, 0.5) is 0 Å². The van der Waals surface area contributed by atoms with Gasteiger partial charge in [-0.15, -0.1) is 0 Å². The molecule has 1 aromatic heterocycles. The smallest absolute Gasteiger partial charge is 0.228 e. The van der Waals surface area contributed by atoms with Gasteiger partial charge in [0.2, 0.25) is 5.91 Å². The third kappa shape index (κ3) is 3.02. The minimum Gasteiger partial charge on any atom is -0.396 e. The molecule has 1 atom stereocenters. The van der Waals surface area contributed by atoms with Crippen LogP contribution in [0.3, 0.4) is 0 Å². The second kappa shape index (κ2) is 6.37. The van der Waals surface area contributed by atoms with Crippen molar-refractivity contribution in [2.45, 2.75) is 39.0 Å². The highest BCUT2D eigenvalue weighted by atomic mass is 16.3. The van der Waals surface area contributed by atoms with Crippen molar-refractivity contribution < 1.29 is 9.90 Å². The van der Waals surface area contributed by atoms with Crippen molar-refractivity contribution in [3.8, 4) is 0 Å². The zero-order valence-corrected chi connectivity index (χ0v) is 13.4. The Hall–Kier alpha value is -1.42. The molecule has 1 aliphatic heterocycles. The first kappa shape index (κ1) is 15.5. The molecule has 2 heterocycles. The van der Waals surface area contributed by atoms with Crippen LogP contribution in [-0.4, -0.2) is 40.6 Å². The number of hydrogen-bond acceptors (Lipinski definition) is 3. The van der Waals surface area contributed by atoms with Crippen LogP contribution in [0.25, 0.3) is 0 Å². The fraction of sp³-hybridized carbons (Fsp3) is 0.667. The first-order chi connectivity index (χ1) is 10.7. The number of pyridine rings is 1. The van der Waals surface area contributed by atoms with Gasteiger partial charge >= 0.3 is 0 Å². The summed E-state index contributed by atoms with van der Waals surface area (Å²) in [6, 6.07) is 4.19. The minimum absolute atomic E-state index is 0.0131. The van der Waals surface area contributed by atoms with Gasteiger partial charge in [0.05, 0.1) is 12.5 Å². The lowest BCUT2D eigenvalue weighted by Crippen LogP contribution is -2.65. The number of nitrogens with zero attached hydrogens (tertiary/aromatic N) is 2. The lowest BCUT2D eigenvalue weighted by atomic mass is 9.56. The van der Waals surface area contributed by atoms with E-state index in [1.54, 1.807) is 0 Å². The predicted molar refractivity (Wildman–Crippen MR) is 85.2 cm³/mol. The van der Waals surface area contributed by atoms with Gasteiger partial charge in [-0.05, 0) is 49.3 Å². The molecule has 1 spiro atoms. The zero-order chi connectivity index (χ0) is 15.6. The van der Waals surface area contributed by atoms with Crippen molar-refractivity contribution >= 4 is 5.91 Å². The Kier molecular flexibility index (Phi) is 4.48. The highest BCUT2D eigenvalue weighted by Gasteiger charge is 2.53. The molecule has 22 heavy (non-hydrogen) atoms. The highest BCUT2D eigenvalue weighted by molar-refractivity contribution is 5.80. The van der Waals surface area contributed by atoms with Gasteiger partial charge in [0.25, 0.3) is 0 Å². The third-order valence-electron chi connectivity index (χ3n) is 5.29. The summed E-state index contributed by atoms with van der Waals surface area (Å²) in [6.07, 6.45) is 9.06. The Morgan fingerprint density at radius 1 is 1.41 bits per heavy atom. The maximum absolute atomic E-state index is 12.3. The lowest BCUT2D eigenvalue weighted by Gasteiger charge is -2.59. The Labute approximate surface area is 132 Å². The van der Waals surface area contributed by atoms with Crippen molar-refractivity contribution in [2.24, 2.45) is 17.3 Å². The zero-order valence-electron chi connectivity index (χ0n) is 13.4. The molecule has 1 aliphatic carbocycles. The van der Waals surface area contributed by atoms with E-state index in [-0.39, 0.29) is 18.4 Å². The number of rotatable bonds is 6. The van der Waals surface area contributed by atoms with E-state index in [9.17, 15) is 9.90 Å². The molecule has 3 rings (SSSR count). The average molecular weight is 302 g/mol. The molecule has 1 saturated heterocycles. The molecule has 2 aliphatic rings. The summed E-state index contributed by atoms with van der Waals surface area (Å²) in [5.41, 5.74) is 1.75. The number of likely N-dealkylation sites (tertiary alicyclic amines) is 1. The summed E-state index contributed by atoms with van der Waals surface area (Å²) in [6.45, 7) is 3.85. The fourth-order valence-corrected chi connectivity index (χ4v) is 4.24. The Bertz CT molecular complexity index is 503. The molecule has 0 radical (unpaired) electrons. The predicted octanol–water partition coefficient (Wildman–Crippen LogP) is 2.27. The van der Waals surface area contributed by atoms with Gasteiger partial charge in [-0.3, -0.25) is 9.78 Å². The van der Waals surface area contributed by atoms with Crippen LogP contribution < -0.4 is 0 Å². The second-order valence-electron chi connectivity index (χ2n) is 7.20. The average Bonchev–Trinajstić information content (AvgIpc) is 2.46. The Morgan fingerprint density at radius 3 is 2.68 bits per heavy atom. The topological polar surface area (TPSA) is 53.4 Å². The summed E-state index contributed by atoms with van der Waals surface area (Å²) >= 11 is 0. The monoisotopic (exact) mass is 302 g/mol. The van der Waals surface area contributed by atoms with Crippen LogP contribution in [0.2, 0.25) is 0 Å². The molecule has 0 aromatic carbocycles. The van der Waals surface area contributed by atoms with Crippen LogP contribution in [0, 0.1) is 17.3 Å². The van der Waals surface area contributed by atoms with Gasteiger partial charge in [-0.2, -0.15) is 0 Å². The van der Waals surface area contributed by atoms with Crippen molar-refractivity contribution in [3.63, 3.8) is 0 Å². The Balaban J connectivity index is 1.44. The molecule has 4 heteroatoms. The van der Waals surface area contributed by atoms with E-state index in [4.69, 9.17) is 0 Å². The van der Waals surface area contributed by atoms with Crippen molar-refractivity contribution in [1.82, 2.24) is 9.88 Å². The summed E-state index contributed by atoms with van der Waals surface area (Å²) in [5, 5.41) is 9.35. The third-order valence-corrected chi connectivity index (χ3v) is 5.29. The van der Waals surface area contributed by atoms with E-state index in [0.717, 1.165) is 38.3 Å². The molecule has 2 fully saturated rings. The maximum atomic E-state index is 12.3. The molecule has 1 amide bonds. The molecule has 1 N–H and O–H groups in total. The van der Waals surface area contributed by atoms with Gasteiger partial charge < -0.3 is 10.0 Å². The van der Waals surface area contributed by atoms with E-state index >= 15 is 0 Å². The van der Waals surface area contributed by atoms with Crippen molar-refractivity contribution in [3.05, 3.63) is 30.1 Å². The van der Waals surface area contributed by atoms with Gasteiger partial charge in [-0.25, -0.2) is 0 Å². The molecule has 1 aromatic rings. The first-order valence-electron chi connectivity index (χ1n) is 8.44. The lowest BCUT2D eigenvalue weighted by molar-refractivity contribution is -0.160. The van der Waals surface area contributed by atoms with Gasteiger partial charge in [-0.1, -0.05) is 13.3 Å². The van der Waals surface area contributed by atoms with Crippen LogP contribution in [0.5, 0.6) is 0 Å². The fourth-order valence-electron chi connectivity index (χ4n) is 4.24. The van der Waals surface area contributed by atoms with E-state index < -0.39 is 0 Å². The molecule has 120 valence electrons. The standard InChI is InChI=1S/C18H26N2O2/c1-2-3-16(11-21)17(22)20-12-18(13-20)9-15(10-18)8-14-4-6-19-7-5-14/h4-7,15-16,21H,2-3,8-13H2,1H3/t16-/m1/s1. The van der Waals surface area contributed by atoms with E-state index in [1.165, 1.54) is 18.4 Å². The van der Waals surface area contributed by atoms with Gasteiger partial charge in [0, 0.05) is 30.9 Å². The van der Waals surface area contributed by atoms with Crippen LogP contribution in [0.15, 0.2) is 24.5 Å². The number of aliphatic hydroxyl groups is 1. The van der Waals surface area contributed by atoms with Crippen LogP contribution in [0.1, 0.15) is 38.2 Å².